The van der Waals surface area contributed by atoms with Gasteiger partial charge in [0.25, 0.3) is 0 Å². The Morgan fingerprint density at radius 3 is 1.96 bits per heavy atom. The zero-order valence-electron chi connectivity index (χ0n) is 16.5. The van der Waals surface area contributed by atoms with E-state index in [2.05, 4.69) is 32.6 Å². The van der Waals surface area contributed by atoms with Crippen LogP contribution in [-0.2, 0) is 14.3 Å². The van der Waals surface area contributed by atoms with Gasteiger partial charge in [-0.2, -0.15) is 0 Å². The maximum atomic E-state index is 12.7. The molecule has 0 radical (unpaired) electrons. The van der Waals surface area contributed by atoms with E-state index >= 15 is 0 Å². The fraction of sp³-hybridized carbons (Fsp3) is 0.895. The third-order valence-corrected chi connectivity index (χ3v) is 4.58. The Bertz CT molecular complexity index is 340. The molecule has 0 aromatic carbocycles. The van der Waals surface area contributed by atoms with Gasteiger partial charge in [0.15, 0.2) is 0 Å². The largest absolute Gasteiger partial charge is 0.466 e. The standard InChI is InChI=1S/C19H38N2O3/c1-6-17(7-2)19(23)21(16-13-18(22)24-10-5)15-12-11-14-20(8-3)9-4/h17H,6-16H2,1-5H3. The fourth-order valence-electron chi connectivity index (χ4n) is 2.87. The van der Waals surface area contributed by atoms with Crippen LogP contribution in [-0.4, -0.2) is 61.0 Å². The molecule has 0 fully saturated rings. The van der Waals surface area contributed by atoms with Crippen molar-refractivity contribution in [1.29, 1.82) is 0 Å². The quantitative estimate of drug-likeness (QED) is 0.359. The van der Waals surface area contributed by atoms with Gasteiger partial charge in [0, 0.05) is 19.0 Å². The Kier molecular flexibility index (Phi) is 13.6. The molecular formula is C19H38N2O3. The second-order valence-corrected chi connectivity index (χ2v) is 6.13. The van der Waals surface area contributed by atoms with E-state index in [1.807, 2.05) is 4.90 Å². The Morgan fingerprint density at radius 2 is 1.46 bits per heavy atom. The van der Waals surface area contributed by atoms with Gasteiger partial charge in [-0.25, -0.2) is 0 Å². The van der Waals surface area contributed by atoms with Gasteiger partial charge < -0.3 is 14.5 Å². The second-order valence-electron chi connectivity index (χ2n) is 6.13. The van der Waals surface area contributed by atoms with Crippen LogP contribution in [0.3, 0.4) is 0 Å². The Hall–Kier alpha value is -1.10. The monoisotopic (exact) mass is 342 g/mol. The van der Waals surface area contributed by atoms with Crippen LogP contribution >= 0.6 is 0 Å². The number of ether oxygens (including phenoxy) is 1. The van der Waals surface area contributed by atoms with Crippen LogP contribution in [0.15, 0.2) is 0 Å². The molecule has 24 heavy (non-hydrogen) atoms. The molecule has 0 rings (SSSR count). The van der Waals surface area contributed by atoms with E-state index in [9.17, 15) is 9.59 Å². The van der Waals surface area contributed by atoms with Crippen LogP contribution in [0.1, 0.15) is 66.7 Å². The van der Waals surface area contributed by atoms with Gasteiger partial charge in [-0.1, -0.05) is 27.7 Å². The lowest BCUT2D eigenvalue weighted by Crippen LogP contribution is -2.38. The van der Waals surface area contributed by atoms with Crippen molar-refractivity contribution in [3.8, 4) is 0 Å². The highest BCUT2D eigenvalue weighted by atomic mass is 16.5. The van der Waals surface area contributed by atoms with Crippen molar-refractivity contribution in [2.45, 2.75) is 66.7 Å². The third kappa shape index (κ3) is 9.26. The summed E-state index contributed by atoms with van der Waals surface area (Å²) in [6.45, 7) is 15.0. The first-order valence-electron chi connectivity index (χ1n) is 9.70. The molecule has 0 bridgehead atoms. The predicted octanol–water partition coefficient (Wildman–Crippen LogP) is 3.33. The van der Waals surface area contributed by atoms with Gasteiger partial charge in [0.05, 0.1) is 13.0 Å². The van der Waals surface area contributed by atoms with E-state index in [0.717, 1.165) is 51.9 Å². The van der Waals surface area contributed by atoms with Crippen molar-refractivity contribution in [3.05, 3.63) is 0 Å². The number of carbonyl (C=O) groups is 2. The second kappa shape index (κ2) is 14.3. The number of rotatable bonds is 14. The molecule has 0 N–H and O–H groups in total. The van der Waals surface area contributed by atoms with E-state index in [-0.39, 0.29) is 24.2 Å². The molecule has 142 valence electrons. The topological polar surface area (TPSA) is 49.9 Å². The van der Waals surface area contributed by atoms with Crippen LogP contribution in [0, 0.1) is 5.92 Å². The highest BCUT2D eigenvalue weighted by Gasteiger charge is 2.22. The summed E-state index contributed by atoms with van der Waals surface area (Å²) in [5, 5.41) is 0. The minimum atomic E-state index is -0.219. The SMILES string of the molecule is CCOC(=O)CCN(CCCCN(CC)CC)C(=O)C(CC)CC. The summed E-state index contributed by atoms with van der Waals surface area (Å²) >= 11 is 0. The molecule has 0 saturated carbocycles. The molecule has 0 aliphatic carbocycles. The summed E-state index contributed by atoms with van der Waals surface area (Å²) in [6.07, 6.45) is 4.05. The van der Waals surface area contributed by atoms with E-state index in [1.165, 1.54) is 0 Å². The van der Waals surface area contributed by atoms with Crippen molar-refractivity contribution < 1.29 is 14.3 Å². The van der Waals surface area contributed by atoms with Gasteiger partial charge in [0.1, 0.15) is 0 Å². The van der Waals surface area contributed by atoms with Crippen molar-refractivity contribution >= 4 is 11.9 Å². The maximum absolute atomic E-state index is 12.7. The number of unbranched alkanes of at least 4 members (excludes halogenated alkanes) is 1. The minimum Gasteiger partial charge on any atom is -0.466 e. The summed E-state index contributed by atoms with van der Waals surface area (Å²) in [4.78, 5) is 28.6. The van der Waals surface area contributed by atoms with Gasteiger partial charge in [-0.05, 0) is 52.2 Å². The summed E-state index contributed by atoms with van der Waals surface area (Å²) in [6, 6.07) is 0. The Balaban J connectivity index is 4.51. The first kappa shape index (κ1) is 22.9. The Morgan fingerprint density at radius 1 is 0.875 bits per heavy atom. The molecule has 0 aromatic rings. The molecule has 0 aromatic heterocycles. The summed E-state index contributed by atoms with van der Waals surface area (Å²) in [5.41, 5.74) is 0. The van der Waals surface area contributed by atoms with Crippen LogP contribution in [0.2, 0.25) is 0 Å². The summed E-state index contributed by atoms with van der Waals surface area (Å²) in [7, 11) is 0. The van der Waals surface area contributed by atoms with Crippen molar-refractivity contribution in [3.63, 3.8) is 0 Å². The number of esters is 1. The average Bonchev–Trinajstić information content (AvgIpc) is 2.58. The zero-order chi connectivity index (χ0) is 18.4. The number of hydrogen-bond acceptors (Lipinski definition) is 4. The normalized spacial score (nSPS) is 11.1. The first-order valence-corrected chi connectivity index (χ1v) is 9.70. The van der Waals surface area contributed by atoms with Gasteiger partial charge >= 0.3 is 5.97 Å². The van der Waals surface area contributed by atoms with E-state index < -0.39 is 0 Å². The van der Waals surface area contributed by atoms with E-state index in [0.29, 0.717) is 13.2 Å². The third-order valence-electron chi connectivity index (χ3n) is 4.58. The molecule has 5 nitrogen and oxygen atoms in total. The van der Waals surface area contributed by atoms with Crippen LogP contribution in [0.5, 0.6) is 0 Å². The van der Waals surface area contributed by atoms with Crippen molar-refractivity contribution in [2.75, 3.05) is 39.3 Å². The highest BCUT2D eigenvalue weighted by molar-refractivity contribution is 5.79. The molecule has 0 spiro atoms. The number of amides is 1. The van der Waals surface area contributed by atoms with E-state index in [1.54, 1.807) is 6.92 Å². The van der Waals surface area contributed by atoms with Crippen LogP contribution in [0.4, 0.5) is 0 Å². The lowest BCUT2D eigenvalue weighted by molar-refractivity contribution is -0.144. The molecule has 0 heterocycles. The molecule has 0 atom stereocenters. The lowest BCUT2D eigenvalue weighted by Gasteiger charge is -2.27. The number of carbonyl (C=O) groups excluding carboxylic acids is 2. The van der Waals surface area contributed by atoms with Crippen molar-refractivity contribution in [1.82, 2.24) is 9.80 Å². The first-order chi connectivity index (χ1) is 11.5. The fourth-order valence-corrected chi connectivity index (χ4v) is 2.87. The highest BCUT2D eigenvalue weighted by Crippen LogP contribution is 2.13. The lowest BCUT2D eigenvalue weighted by atomic mass is 10.0. The molecule has 1 amide bonds. The number of hydrogen-bond donors (Lipinski definition) is 0. The predicted molar refractivity (Wildman–Crippen MR) is 98.9 cm³/mol. The molecule has 0 aliphatic heterocycles. The molecule has 5 heteroatoms. The molecule has 0 saturated heterocycles. The van der Waals surface area contributed by atoms with Crippen LogP contribution in [0.25, 0.3) is 0 Å². The van der Waals surface area contributed by atoms with Crippen molar-refractivity contribution in [2.24, 2.45) is 5.92 Å². The molecular weight excluding hydrogens is 304 g/mol. The zero-order valence-corrected chi connectivity index (χ0v) is 16.5. The summed E-state index contributed by atoms with van der Waals surface area (Å²) < 4.78 is 4.99. The maximum Gasteiger partial charge on any atom is 0.307 e. The van der Waals surface area contributed by atoms with Gasteiger partial charge in [0.2, 0.25) is 5.91 Å². The molecule has 0 aliphatic rings. The smallest absolute Gasteiger partial charge is 0.307 e. The van der Waals surface area contributed by atoms with Gasteiger partial charge in [-0.3, -0.25) is 9.59 Å². The van der Waals surface area contributed by atoms with E-state index in [4.69, 9.17) is 4.74 Å². The average molecular weight is 343 g/mol. The molecule has 0 unspecified atom stereocenters. The van der Waals surface area contributed by atoms with Crippen LogP contribution < -0.4 is 0 Å². The summed E-state index contributed by atoms with van der Waals surface area (Å²) in [5.74, 6) is 0.0325. The minimum absolute atomic E-state index is 0.0648. The van der Waals surface area contributed by atoms with Gasteiger partial charge in [-0.15, -0.1) is 0 Å². The number of nitrogens with zero attached hydrogens (tertiary/aromatic N) is 2. The Labute approximate surface area is 148 Å².